The number of fused-ring (bicyclic) bond motifs is 1. The summed E-state index contributed by atoms with van der Waals surface area (Å²) < 4.78 is 42.8. The van der Waals surface area contributed by atoms with Gasteiger partial charge in [-0.3, -0.25) is 4.79 Å². The molecule has 1 fully saturated rings. The van der Waals surface area contributed by atoms with Crippen LogP contribution in [0.15, 0.2) is 65.6 Å². The van der Waals surface area contributed by atoms with E-state index in [0.717, 1.165) is 24.5 Å². The van der Waals surface area contributed by atoms with E-state index in [1.807, 2.05) is 30.3 Å². The van der Waals surface area contributed by atoms with Crippen molar-refractivity contribution in [3.8, 4) is 0 Å². The molecule has 0 unspecified atom stereocenters. The minimum absolute atomic E-state index is 0.110. The van der Waals surface area contributed by atoms with Crippen LogP contribution in [0.5, 0.6) is 0 Å². The van der Waals surface area contributed by atoms with Crippen LogP contribution in [0.3, 0.4) is 0 Å². The molecule has 8 heteroatoms. The molecule has 174 valence electrons. The normalized spacial score (nSPS) is 15.5. The van der Waals surface area contributed by atoms with E-state index in [-0.39, 0.29) is 11.1 Å². The van der Waals surface area contributed by atoms with Crippen LogP contribution in [0, 0.1) is 12.7 Å². The predicted molar refractivity (Wildman–Crippen MR) is 125 cm³/mol. The molecule has 0 bridgehead atoms. The molecule has 0 amide bonds. The number of hydrogen-bond acceptors (Lipinski definition) is 4. The van der Waals surface area contributed by atoms with Crippen LogP contribution in [0.2, 0.25) is 0 Å². The second-order valence-electron chi connectivity index (χ2n) is 8.71. The van der Waals surface area contributed by atoms with E-state index in [9.17, 15) is 18.0 Å². The van der Waals surface area contributed by atoms with E-state index in [0.29, 0.717) is 22.5 Å². The minimum atomic E-state index is -2.91. The molecule has 1 N–H and O–H groups in total. The molecule has 34 heavy (non-hydrogen) atoms. The summed E-state index contributed by atoms with van der Waals surface area (Å²) >= 11 is 0. The molecule has 5 nitrogen and oxygen atoms in total. The Labute approximate surface area is 194 Å². The minimum Gasteiger partial charge on any atom is -0.363 e. The van der Waals surface area contributed by atoms with Crippen molar-refractivity contribution in [3.63, 3.8) is 0 Å². The zero-order valence-electron chi connectivity index (χ0n) is 18.7. The number of aryl methyl sites for hydroxylation is 1. The first-order valence-corrected chi connectivity index (χ1v) is 11.1. The quantitative estimate of drug-likeness (QED) is 0.387. The fraction of sp³-hybridized carbons (Fsp3) is 0.269. The van der Waals surface area contributed by atoms with E-state index >= 15 is 0 Å². The van der Waals surface area contributed by atoms with Crippen LogP contribution >= 0.6 is 0 Å². The number of anilines is 1. The number of alkyl halides is 2. The molecule has 1 saturated carbocycles. The summed E-state index contributed by atoms with van der Waals surface area (Å²) in [4.78, 5) is 22.0. The van der Waals surface area contributed by atoms with Crippen molar-refractivity contribution in [3.05, 3.63) is 99.5 Å². The second-order valence-corrected chi connectivity index (χ2v) is 8.71. The van der Waals surface area contributed by atoms with Crippen LogP contribution in [0.1, 0.15) is 54.7 Å². The Hall–Kier alpha value is -3.68. The average Bonchev–Trinajstić information content (AvgIpc) is 3.61. The standard InChI is InChI=1S/C26H23F3N4O/c1-15(18-9-6-10-19(23(18)27)24(28)29)30-25-20-14-33(22(34)13-21(20)31-16(2)32-25)26(11-12-26)17-7-4-3-5-8-17/h3-10,13-15,24H,11-12H2,1-2H3,(H,30,31,32)/t15-/m1/s1. The Morgan fingerprint density at radius 1 is 1.03 bits per heavy atom. The molecule has 4 aromatic rings. The lowest BCUT2D eigenvalue weighted by Crippen LogP contribution is -2.30. The molecule has 2 aromatic heterocycles. The van der Waals surface area contributed by atoms with Gasteiger partial charge in [0.25, 0.3) is 12.0 Å². The number of halogens is 3. The maximum Gasteiger partial charge on any atom is 0.266 e. The lowest BCUT2D eigenvalue weighted by molar-refractivity contribution is 0.146. The van der Waals surface area contributed by atoms with E-state index in [1.54, 1.807) is 24.6 Å². The lowest BCUT2D eigenvalue weighted by Gasteiger charge is -2.22. The van der Waals surface area contributed by atoms with Crippen molar-refractivity contribution in [1.29, 1.82) is 0 Å². The second kappa shape index (κ2) is 8.27. The molecule has 1 aliphatic rings. The Balaban J connectivity index is 1.59. The van der Waals surface area contributed by atoms with E-state index < -0.39 is 29.4 Å². The van der Waals surface area contributed by atoms with Crippen molar-refractivity contribution in [2.24, 2.45) is 0 Å². The molecule has 0 radical (unpaired) electrons. The molecular formula is C26H23F3N4O. The van der Waals surface area contributed by atoms with Gasteiger partial charge in [-0.2, -0.15) is 0 Å². The average molecular weight is 464 g/mol. The Morgan fingerprint density at radius 3 is 2.41 bits per heavy atom. The molecule has 0 aliphatic heterocycles. The third-order valence-corrected chi connectivity index (χ3v) is 6.45. The summed E-state index contributed by atoms with van der Waals surface area (Å²) in [6.07, 6.45) is 0.509. The van der Waals surface area contributed by atoms with Gasteiger partial charge in [-0.1, -0.05) is 48.5 Å². The molecule has 1 atom stereocenters. The molecule has 1 aliphatic carbocycles. The molecule has 2 aromatic carbocycles. The van der Waals surface area contributed by atoms with Gasteiger partial charge < -0.3 is 9.88 Å². The van der Waals surface area contributed by atoms with Crippen molar-refractivity contribution in [2.45, 2.75) is 44.7 Å². The number of nitrogens with one attached hydrogen (secondary N) is 1. The summed E-state index contributed by atoms with van der Waals surface area (Å²) in [5.41, 5.74) is 0.410. The Morgan fingerprint density at radius 2 is 1.74 bits per heavy atom. The van der Waals surface area contributed by atoms with Crippen LogP contribution in [-0.2, 0) is 5.54 Å². The largest absolute Gasteiger partial charge is 0.363 e. The predicted octanol–water partition coefficient (Wildman–Crippen LogP) is 5.89. The number of rotatable bonds is 6. The molecule has 2 heterocycles. The maximum atomic E-state index is 14.7. The van der Waals surface area contributed by atoms with Gasteiger partial charge in [0.2, 0.25) is 0 Å². The number of nitrogens with zero attached hydrogens (tertiary/aromatic N) is 3. The number of aromatic nitrogens is 3. The summed E-state index contributed by atoms with van der Waals surface area (Å²) in [7, 11) is 0. The Kier molecular flexibility index (Phi) is 5.38. The van der Waals surface area contributed by atoms with Gasteiger partial charge in [0, 0.05) is 17.8 Å². The third kappa shape index (κ3) is 3.73. The van der Waals surface area contributed by atoms with E-state index in [1.165, 1.54) is 18.2 Å². The van der Waals surface area contributed by atoms with Crippen LogP contribution < -0.4 is 10.9 Å². The van der Waals surface area contributed by atoms with Crippen molar-refractivity contribution in [1.82, 2.24) is 14.5 Å². The molecule has 0 spiro atoms. The van der Waals surface area contributed by atoms with Gasteiger partial charge >= 0.3 is 0 Å². The SMILES string of the molecule is Cc1nc(N[C@H](C)c2cccc(C(F)F)c2F)c2cn(C3(c4ccccc4)CC3)c(=O)cc2n1. The first-order chi connectivity index (χ1) is 16.3. The zero-order chi connectivity index (χ0) is 24.0. The summed E-state index contributed by atoms with van der Waals surface area (Å²) in [6.45, 7) is 3.38. The van der Waals surface area contributed by atoms with Gasteiger partial charge in [0.15, 0.2) is 0 Å². The number of benzene rings is 2. The fourth-order valence-electron chi connectivity index (χ4n) is 4.55. The highest BCUT2D eigenvalue weighted by atomic mass is 19.3. The van der Waals surface area contributed by atoms with Crippen molar-refractivity contribution in [2.75, 3.05) is 5.32 Å². The van der Waals surface area contributed by atoms with Crippen LogP contribution in [-0.4, -0.2) is 14.5 Å². The number of hydrogen-bond donors (Lipinski definition) is 1. The maximum absolute atomic E-state index is 14.7. The summed E-state index contributed by atoms with van der Waals surface area (Å²) in [5.74, 6) is -0.0923. The van der Waals surface area contributed by atoms with Crippen LogP contribution in [0.4, 0.5) is 19.0 Å². The lowest BCUT2D eigenvalue weighted by atomic mass is 10.0. The highest BCUT2D eigenvalue weighted by Gasteiger charge is 2.46. The third-order valence-electron chi connectivity index (χ3n) is 6.45. The number of pyridine rings is 1. The summed E-state index contributed by atoms with van der Waals surface area (Å²) in [5, 5.41) is 3.76. The summed E-state index contributed by atoms with van der Waals surface area (Å²) in [6, 6.07) is 14.7. The van der Waals surface area contributed by atoms with Crippen LogP contribution in [0.25, 0.3) is 10.9 Å². The topological polar surface area (TPSA) is 59.8 Å². The van der Waals surface area contributed by atoms with Crippen molar-refractivity contribution >= 4 is 16.7 Å². The highest BCUT2D eigenvalue weighted by molar-refractivity contribution is 5.88. The molecular weight excluding hydrogens is 441 g/mol. The fourth-order valence-corrected chi connectivity index (χ4v) is 4.55. The van der Waals surface area contributed by atoms with Gasteiger partial charge in [0.05, 0.1) is 28.0 Å². The van der Waals surface area contributed by atoms with Gasteiger partial charge in [-0.25, -0.2) is 23.1 Å². The Bertz CT molecular complexity index is 1430. The molecule has 0 saturated heterocycles. The smallest absolute Gasteiger partial charge is 0.266 e. The monoisotopic (exact) mass is 464 g/mol. The zero-order valence-corrected chi connectivity index (χ0v) is 18.7. The van der Waals surface area contributed by atoms with Gasteiger partial charge in [-0.05, 0) is 32.3 Å². The van der Waals surface area contributed by atoms with Gasteiger partial charge in [-0.15, -0.1) is 0 Å². The highest BCUT2D eigenvalue weighted by Crippen LogP contribution is 2.48. The first-order valence-electron chi connectivity index (χ1n) is 11.1. The van der Waals surface area contributed by atoms with E-state index in [4.69, 9.17) is 0 Å². The molecule has 5 rings (SSSR count). The van der Waals surface area contributed by atoms with Gasteiger partial charge in [0.1, 0.15) is 17.5 Å². The first kappa shape index (κ1) is 22.1. The van der Waals surface area contributed by atoms with Crippen molar-refractivity contribution < 1.29 is 13.2 Å². The van der Waals surface area contributed by atoms with E-state index in [2.05, 4.69) is 15.3 Å².